The Hall–Kier alpha value is -1.56. The fourth-order valence-corrected chi connectivity index (χ4v) is 1.87. The van der Waals surface area contributed by atoms with Gasteiger partial charge in [-0.2, -0.15) is 9.97 Å². The molecule has 0 spiro atoms. The van der Waals surface area contributed by atoms with Crippen LogP contribution in [0.1, 0.15) is 12.7 Å². The lowest BCUT2D eigenvalue weighted by atomic mass is 10.2. The van der Waals surface area contributed by atoms with E-state index in [0.29, 0.717) is 28.1 Å². The number of nitrogens with two attached hydrogens (primary N) is 1. The molecule has 2 rings (SSSR count). The van der Waals surface area contributed by atoms with Crippen LogP contribution in [0.3, 0.4) is 0 Å². The van der Waals surface area contributed by atoms with E-state index in [-0.39, 0.29) is 11.8 Å². The first-order valence-electron chi connectivity index (χ1n) is 5.05. The highest BCUT2D eigenvalue weighted by Gasteiger charge is 2.08. The highest BCUT2D eigenvalue weighted by molar-refractivity contribution is 9.10. The highest BCUT2D eigenvalue weighted by atomic mass is 79.9. The van der Waals surface area contributed by atoms with E-state index >= 15 is 0 Å². The molecule has 0 aliphatic rings. The molecule has 1 aromatic heterocycles. The highest BCUT2D eigenvalue weighted by Crippen LogP contribution is 2.22. The number of benzene rings is 1. The summed E-state index contributed by atoms with van der Waals surface area (Å²) < 4.78 is 13.9. The molecule has 88 valence electrons. The Morgan fingerprint density at radius 2 is 2.00 bits per heavy atom. The monoisotopic (exact) mass is 296 g/mol. The smallest absolute Gasteiger partial charge is 0.223 e. The minimum atomic E-state index is -0.355. The van der Waals surface area contributed by atoms with Crippen LogP contribution in [0.25, 0.3) is 11.4 Å². The van der Waals surface area contributed by atoms with E-state index in [4.69, 9.17) is 5.73 Å². The van der Waals surface area contributed by atoms with Crippen molar-refractivity contribution in [2.45, 2.75) is 13.3 Å². The van der Waals surface area contributed by atoms with Crippen LogP contribution in [0.2, 0.25) is 0 Å². The quantitative estimate of drug-likeness (QED) is 0.925. The third-order valence-corrected chi connectivity index (χ3v) is 2.59. The van der Waals surface area contributed by atoms with Gasteiger partial charge in [0.25, 0.3) is 0 Å². The number of nitrogen functional groups attached to an aromatic ring is 1. The second-order valence-electron chi connectivity index (χ2n) is 3.45. The Balaban J connectivity index is 2.55. The Morgan fingerprint density at radius 3 is 2.65 bits per heavy atom. The number of aromatic nitrogens is 3. The van der Waals surface area contributed by atoms with Gasteiger partial charge >= 0.3 is 0 Å². The van der Waals surface area contributed by atoms with Crippen molar-refractivity contribution in [1.29, 1.82) is 0 Å². The molecule has 0 saturated heterocycles. The zero-order valence-electron chi connectivity index (χ0n) is 9.11. The van der Waals surface area contributed by atoms with Gasteiger partial charge in [0.1, 0.15) is 11.6 Å². The first kappa shape index (κ1) is 11.9. The molecule has 0 bridgehead atoms. The number of aryl methyl sites for hydroxylation is 1. The summed E-state index contributed by atoms with van der Waals surface area (Å²) in [6.07, 6.45) is 0.649. The van der Waals surface area contributed by atoms with E-state index in [1.807, 2.05) is 6.92 Å². The Kier molecular flexibility index (Phi) is 3.33. The Morgan fingerprint density at radius 1 is 1.24 bits per heavy atom. The van der Waals surface area contributed by atoms with Crippen molar-refractivity contribution >= 4 is 21.9 Å². The average molecular weight is 297 g/mol. The van der Waals surface area contributed by atoms with Gasteiger partial charge in [-0.3, -0.25) is 0 Å². The summed E-state index contributed by atoms with van der Waals surface area (Å²) in [5.74, 6) is 0.765. The predicted molar refractivity (Wildman–Crippen MR) is 66.7 cm³/mol. The van der Waals surface area contributed by atoms with Crippen molar-refractivity contribution in [2.24, 2.45) is 0 Å². The summed E-state index contributed by atoms with van der Waals surface area (Å²) in [5, 5.41) is 0. The third-order valence-electron chi connectivity index (χ3n) is 2.14. The first-order valence-corrected chi connectivity index (χ1v) is 5.84. The molecule has 0 aliphatic carbocycles. The molecular weight excluding hydrogens is 287 g/mol. The standard InChI is InChI=1S/C11H10BrFN4/c1-2-9-15-10(17-11(14)16-9)6-3-7(12)5-8(13)4-6/h3-5H,2H2,1H3,(H2,14,15,16,17). The minimum absolute atomic E-state index is 0.146. The van der Waals surface area contributed by atoms with Crippen LogP contribution in [0.4, 0.5) is 10.3 Å². The molecule has 4 nitrogen and oxygen atoms in total. The molecule has 0 amide bonds. The van der Waals surface area contributed by atoms with E-state index in [0.717, 1.165) is 0 Å². The number of hydrogen-bond acceptors (Lipinski definition) is 4. The van der Waals surface area contributed by atoms with Crippen molar-refractivity contribution in [3.05, 3.63) is 34.3 Å². The van der Waals surface area contributed by atoms with Gasteiger partial charge < -0.3 is 5.73 Å². The maximum atomic E-state index is 13.3. The van der Waals surface area contributed by atoms with E-state index in [1.54, 1.807) is 6.07 Å². The van der Waals surface area contributed by atoms with Crippen molar-refractivity contribution in [1.82, 2.24) is 15.0 Å². The summed E-state index contributed by atoms with van der Waals surface area (Å²) in [4.78, 5) is 12.2. The van der Waals surface area contributed by atoms with Gasteiger partial charge in [0, 0.05) is 16.5 Å². The van der Waals surface area contributed by atoms with Crippen LogP contribution in [0, 0.1) is 5.82 Å². The Bertz CT molecular complexity index is 539. The molecule has 6 heteroatoms. The molecule has 17 heavy (non-hydrogen) atoms. The van der Waals surface area contributed by atoms with Gasteiger partial charge in [0.2, 0.25) is 5.95 Å². The van der Waals surface area contributed by atoms with Crippen molar-refractivity contribution in [2.75, 3.05) is 5.73 Å². The van der Waals surface area contributed by atoms with E-state index in [1.165, 1.54) is 12.1 Å². The van der Waals surface area contributed by atoms with Crippen LogP contribution in [-0.4, -0.2) is 15.0 Å². The summed E-state index contributed by atoms with van der Waals surface area (Å²) >= 11 is 3.22. The SMILES string of the molecule is CCc1nc(N)nc(-c2cc(F)cc(Br)c2)n1. The minimum Gasteiger partial charge on any atom is -0.368 e. The number of anilines is 1. The first-order chi connectivity index (χ1) is 8.08. The van der Waals surface area contributed by atoms with E-state index in [2.05, 4.69) is 30.9 Å². The van der Waals surface area contributed by atoms with Gasteiger partial charge in [-0.15, -0.1) is 0 Å². The van der Waals surface area contributed by atoms with Crippen LogP contribution < -0.4 is 5.73 Å². The molecule has 1 heterocycles. The second-order valence-corrected chi connectivity index (χ2v) is 4.36. The number of rotatable bonds is 2. The van der Waals surface area contributed by atoms with Crippen molar-refractivity contribution in [3.63, 3.8) is 0 Å². The molecule has 2 N–H and O–H groups in total. The lowest BCUT2D eigenvalue weighted by Crippen LogP contribution is -2.04. The van der Waals surface area contributed by atoms with Crippen LogP contribution in [-0.2, 0) is 6.42 Å². The van der Waals surface area contributed by atoms with Gasteiger partial charge in [-0.25, -0.2) is 9.37 Å². The van der Waals surface area contributed by atoms with Gasteiger partial charge in [0.15, 0.2) is 5.82 Å². The molecule has 0 unspecified atom stereocenters. The molecule has 0 atom stereocenters. The fourth-order valence-electron chi connectivity index (χ4n) is 1.41. The summed E-state index contributed by atoms with van der Waals surface area (Å²) in [5.41, 5.74) is 6.15. The lowest BCUT2D eigenvalue weighted by Gasteiger charge is -2.04. The number of halogens is 2. The maximum absolute atomic E-state index is 13.3. The molecule has 2 aromatic rings. The molecule has 1 aromatic carbocycles. The number of hydrogen-bond donors (Lipinski definition) is 1. The van der Waals surface area contributed by atoms with Crippen molar-refractivity contribution < 1.29 is 4.39 Å². The maximum Gasteiger partial charge on any atom is 0.223 e. The number of nitrogens with zero attached hydrogens (tertiary/aromatic N) is 3. The molecular formula is C11H10BrFN4. The predicted octanol–water partition coefficient (Wildman–Crippen LogP) is 2.58. The summed E-state index contributed by atoms with van der Waals surface area (Å²) in [7, 11) is 0. The Labute approximate surface area is 106 Å². The topological polar surface area (TPSA) is 64.7 Å². The molecule has 0 saturated carbocycles. The average Bonchev–Trinajstić information content (AvgIpc) is 2.26. The van der Waals surface area contributed by atoms with Crippen LogP contribution >= 0.6 is 15.9 Å². The fraction of sp³-hybridized carbons (Fsp3) is 0.182. The zero-order chi connectivity index (χ0) is 12.4. The van der Waals surface area contributed by atoms with Crippen molar-refractivity contribution in [3.8, 4) is 11.4 Å². The van der Waals surface area contributed by atoms with Crippen LogP contribution in [0.15, 0.2) is 22.7 Å². The van der Waals surface area contributed by atoms with Gasteiger partial charge in [-0.05, 0) is 18.2 Å². The molecule has 0 fully saturated rings. The third kappa shape index (κ3) is 2.76. The van der Waals surface area contributed by atoms with E-state index < -0.39 is 0 Å². The molecule has 0 aliphatic heterocycles. The van der Waals surface area contributed by atoms with E-state index in [9.17, 15) is 4.39 Å². The normalized spacial score (nSPS) is 10.5. The summed E-state index contributed by atoms with van der Waals surface area (Å²) in [6, 6.07) is 4.46. The second kappa shape index (κ2) is 4.75. The van der Waals surface area contributed by atoms with Gasteiger partial charge in [-0.1, -0.05) is 22.9 Å². The largest absolute Gasteiger partial charge is 0.368 e. The van der Waals surface area contributed by atoms with Gasteiger partial charge in [0.05, 0.1) is 0 Å². The lowest BCUT2D eigenvalue weighted by molar-refractivity contribution is 0.627. The summed E-state index contributed by atoms with van der Waals surface area (Å²) in [6.45, 7) is 1.92. The zero-order valence-corrected chi connectivity index (χ0v) is 10.7. The molecule has 0 radical (unpaired) electrons. The van der Waals surface area contributed by atoms with Crippen LogP contribution in [0.5, 0.6) is 0 Å².